The van der Waals surface area contributed by atoms with Crippen LogP contribution >= 0.6 is 0 Å². The Morgan fingerprint density at radius 2 is 1.56 bits per heavy atom. The lowest BCUT2D eigenvalue weighted by Crippen LogP contribution is -2.54. The van der Waals surface area contributed by atoms with E-state index in [0.29, 0.717) is 28.5 Å². The Balaban J connectivity index is 2.92. The molecule has 0 bridgehead atoms. The van der Waals surface area contributed by atoms with E-state index >= 15 is 0 Å². The minimum absolute atomic E-state index is 0.0348. The second-order valence-corrected chi connectivity index (χ2v) is 19.6. The minimum Gasteiger partial charge on any atom is -0.413 e. The molecule has 0 aromatic heterocycles. The molecule has 1 unspecified atom stereocenters. The molecule has 4 nitrogen and oxygen atoms in total. The highest BCUT2D eigenvalue weighted by molar-refractivity contribution is 6.77. The molecule has 248 valence electrons. The molecule has 0 spiro atoms. The Hall–Kier alpha value is -1.24. The average molecular weight is 617 g/mol. The smallest absolute Gasteiger partial charge is 0.200 e. The summed E-state index contributed by atoms with van der Waals surface area (Å²) in [5, 5.41) is 21.3. The Labute approximate surface area is 267 Å². The molecule has 0 saturated carbocycles. The van der Waals surface area contributed by atoms with Gasteiger partial charge in [0.05, 0.1) is 18.3 Å². The lowest BCUT2D eigenvalue weighted by molar-refractivity contribution is -0.0948. The van der Waals surface area contributed by atoms with Gasteiger partial charge in [0, 0.05) is 11.8 Å². The van der Waals surface area contributed by atoms with E-state index in [0.717, 1.165) is 25.7 Å². The van der Waals surface area contributed by atoms with Gasteiger partial charge < -0.3 is 19.4 Å². The second-order valence-electron chi connectivity index (χ2n) is 14.2. The van der Waals surface area contributed by atoms with Crippen LogP contribution in [0, 0.1) is 23.7 Å². The van der Waals surface area contributed by atoms with Crippen LogP contribution in [0.2, 0.25) is 16.6 Å². The summed E-state index contributed by atoms with van der Waals surface area (Å²) in [6.07, 6.45) is 19.3. The van der Waals surface area contributed by atoms with E-state index in [1.54, 1.807) is 6.08 Å². The molecular formula is C38H68O4Si. The van der Waals surface area contributed by atoms with Crippen LogP contribution in [0.4, 0.5) is 0 Å². The molecule has 1 aliphatic heterocycles. The Kier molecular flexibility index (Phi) is 17.9. The third-order valence-electron chi connectivity index (χ3n) is 9.68. The summed E-state index contributed by atoms with van der Waals surface area (Å²) in [6, 6.07) is 0. The lowest BCUT2D eigenvalue weighted by Gasteiger charge is -2.48. The maximum Gasteiger partial charge on any atom is 0.200 e. The second kappa shape index (κ2) is 19.3. The van der Waals surface area contributed by atoms with Crippen molar-refractivity contribution in [3.8, 4) is 0 Å². The molecule has 0 fully saturated rings. The van der Waals surface area contributed by atoms with Gasteiger partial charge in [0.25, 0.3) is 0 Å². The van der Waals surface area contributed by atoms with E-state index in [2.05, 4.69) is 126 Å². The van der Waals surface area contributed by atoms with Gasteiger partial charge in [0.1, 0.15) is 0 Å². The maximum atomic E-state index is 11.6. The van der Waals surface area contributed by atoms with E-state index in [-0.39, 0.29) is 24.0 Å². The fourth-order valence-electron chi connectivity index (χ4n) is 7.02. The van der Waals surface area contributed by atoms with Gasteiger partial charge in [-0.3, -0.25) is 0 Å². The van der Waals surface area contributed by atoms with Crippen LogP contribution in [-0.4, -0.2) is 43.1 Å². The van der Waals surface area contributed by atoms with Gasteiger partial charge >= 0.3 is 0 Å². The highest BCUT2D eigenvalue weighted by Gasteiger charge is 2.48. The molecule has 0 aromatic rings. The number of hydrogen-bond acceptors (Lipinski definition) is 4. The van der Waals surface area contributed by atoms with Gasteiger partial charge in [-0.15, -0.1) is 0 Å². The van der Waals surface area contributed by atoms with Crippen LogP contribution < -0.4 is 0 Å². The summed E-state index contributed by atoms with van der Waals surface area (Å²) in [5.74, 6) is 0.879. The zero-order valence-electron chi connectivity index (χ0n) is 30.0. The Bertz CT molecular complexity index is 922. The van der Waals surface area contributed by atoms with Gasteiger partial charge in [-0.25, -0.2) is 0 Å². The maximum absolute atomic E-state index is 11.6. The van der Waals surface area contributed by atoms with E-state index in [1.165, 1.54) is 11.1 Å². The van der Waals surface area contributed by atoms with E-state index in [9.17, 15) is 10.2 Å². The van der Waals surface area contributed by atoms with E-state index in [1.807, 2.05) is 6.08 Å². The summed E-state index contributed by atoms with van der Waals surface area (Å²) >= 11 is 0. The minimum atomic E-state index is -2.07. The van der Waals surface area contributed by atoms with Crippen molar-refractivity contribution in [2.24, 2.45) is 23.7 Å². The first kappa shape index (κ1) is 39.8. The molecule has 1 aliphatic rings. The SMILES string of the molecule is CCC(=C/[C@H](C)C/C=C/C(C)=C/[C@@H](C)[C@@H](O)[C@@H](C)[C@@H](O[Si](C(C)C)(C(C)C)C(C)C)[C@@H](C)CC)/C=C/[C@H]1CC=CC(O)O1. The van der Waals surface area contributed by atoms with Crippen molar-refractivity contribution in [1.82, 2.24) is 0 Å². The van der Waals surface area contributed by atoms with Crippen molar-refractivity contribution in [3.05, 3.63) is 59.8 Å². The van der Waals surface area contributed by atoms with E-state index < -0.39 is 20.7 Å². The monoisotopic (exact) mass is 616 g/mol. The zero-order valence-corrected chi connectivity index (χ0v) is 31.0. The molecule has 1 rings (SSSR count). The van der Waals surface area contributed by atoms with Crippen molar-refractivity contribution in [3.63, 3.8) is 0 Å². The van der Waals surface area contributed by atoms with Crippen LogP contribution in [0.1, 0.15) is 116 Å². The summed E-state index contributed by atoms with van der Waals surface area (Å²) in [7, 11) is -2.07. The number of ether oxygens (including phenoxy) is 1. The molecular weight excluding hydrogens is 549 g/mol. The fourth-order valence-corrected chi connectivity index (χ4v) is 12.8. The predicted octanol–water partition coefficient (Wildman–Crippen LogP) is 10.3. The molecule has 0 saturated heterocycles. The number of aliphatic hydroxyl groups is 2. The summed E-state index contributed by atoms with van der Waals surface area (Å²) in [4.78, 5) is 0. The number of aliphatic hydroxyl groups excluding tert-OH is 2. The standard InChI is InChI=1S/C38H68O4Si/c1-14-31(11)38(42-43(26(3)4,27(5)6)28(7)8)33(13)37(40)32(12)24-29(9)18-16-19-30(10)25-34(15-2)22-23-35-20-17-21-36(39)41-35/h16-18,21-28,30-33,35-40H,14-15,19-20H2,1-13H3/b18-16+,23-22+,29-24+,34-25-/t30-,31+,32-,33-,35-,36?,37-,38+/m1/s1. The highest BCUT2D eigenvalue weighted by Crippen LogP contribution is 2.45. The van der Waals surface area contributed by atoms with E-state index in [4.69, 9.17) is 9.16 Å². The quantitative estimate of drug-likeness (QED) is 0.0914. The van der Waals surface area contributed by atoms with Crippen LogP contribution in [0.3, 0.4) is 0 Å². The Morgan fingerprint density at radius 3 is 2.07 bits per heavy atom. The molecule has 0 radical (unpaired) electrons. The molecule has 8 atom stereocenters. The molecule has 1 heterocycles. The van der Waals surface area contributed by atoms with Crippen molar-refractivity contribution < 1.29 is 19.4 Å². The Morgan fingerprint density at radius 1 is 0.953 bits per heavy atom. The fraction of sp³-hybridized carbons (Fsp3) is 0.737. The van der Waals surface area contributed by atoms with Gasteiger partial charge in [-0.2, -0.15) is 0 Å². The average Bonchev–Trinajstić information content (AvgIpc) is 2.94. The van der Waals surface area contributed by atoms with Crippen LogP contribution in [-0.2, 0) is 9.16 Å². The lowest BCUT2D eigenvalue weighted by atomic mass is 9.83. The van der Waals surface area contributed by atoms with Crippen LogP contribution in [0.25, 0.3) is 0 Å². The topological polar surface area (TPSA) is 58.9 Å². The first-order valence-corrected chi connectivity index (χ1v) is 19.3. The van der Waals surface area contributed by atoms with Gasteiger partial charge in [0.2, 0.25) is 8.32 Å². The van der Waals surface area contributed by atoms with Crippen molar-refractivity contribution in [2.75, 3.05) is 0 Å². The first-order chi connectivity index (χ1) is 20.1. The number of allylic oxidation sites excluding steroid dienone is 6. The number of hydrogen-bond donors (Lipinski definition) is 2. The van der Waals surface area contributed by atoms with Gasteiger partial charge in [-0.1, -0.05) is 143 Å². The molecule has 0 aromatic carbocycles. The van der Waals surface area contributed by atoms with Crippen molar-refractivity contribution in [1.29, 1.82) is 0 Å². The third kappa shape index (κ3) is 12.2. The molecule has 43 heavy (non-hydrogen) atoms. The van der Waals surface area contributed by atoms with Gasteiger partial charge in [-0.05, 0) is 60.7 Å². The molecule has 0 aliphatic carbocycles. The highest BCUT2D eigenvalue weighted by atomic mass is 28.4. The first-order valence-electron chi connectivity index (χ1n) is 17.2. The molecule has 2 N–H and O–H groups in total. The predicted molar refractivity (Wildman–Crippen MR) is 189 cm³/mol. The normalized spacial score (nSPS) is 23.5. The van der Waals surface area contributed by atoms with Crippen molar-refractivity contribution >= 4 is 8.32 Å². The number of rotatable bonds is 18. The van der Waals surface area contributed by atoms with Crippen LogP contribution in [0.5, 0.6) is 0 Å². The summed E-state index contributed by atoms with van der Waals surface area (Å²) < 4.78 is 12.8. The summed E-state index contributed by atoms with van der Waals surface area (Å²) in [6.45, 7) is 29.5. The largest absolute Gasteiger partial charge is 0.413 e. The molecule has 0 amide bonds. The summed E-state index contributed by atoms with van der Waals surface area (Å²) in [5.41, 5.74) is 4.03. The third-order valence-corrected chi connectivity index (χ3v) is 15.8. The molecule has 5 heteroatoms. The van der Waals surface area contributed by atoms with Crippen molar-refractivity contribution in [2.45, 2.75) is 157 Å². The zero-order chi connectivity index (χ0) is 32.9. The van der Waals surface area contributed by atoms with Crippen LogP contribution in [0.15, 0.2) is 59.8 Å². The van der Waals surface area contributed by atoms with Gasteiger partial charge in [0.15, 0.2) is 6.29 Å².